The van der Waals surface area contributed by atoms with E-state index in [1.807, 2.05) is 6.92 Å². The molecule has 1 aromatic carbocycles. The smallest absolute Gasteiger partial charge is 0.305 e. The van der Waals surface area contributed by atoms with E-state index in [9.17, 15) is 9.90 Å². The molecular formula is C8H7NO2S. The summed E-state index contributed by atoms with van der Waals surface area (Å²) >= 11 is 1.11. The minimum atomic E-state index is -0.0845. The lowest BCUT2D eigenvalue weighted by Crippen LogP contribution is -1.90. The van der Waals surface area contributed by atoms with Gasteiger partial charge in [-0.25, -0.2) is 0 Å². The summed E-state index contributed by atoms with van der Waals surface area (Å²) in [6.07, 6.45) is 0. The first-order chi connectivity index (χ1) is 5.66. The van der Waals surface area contributed by atoms with Crippen LogP contribution in [0.1, 0.15) is 5.56 Å². The zero-order valence-electron chi connectivity index (χ0n) is 6.42. The standard InChI is InChI=1S/C8H7NO2S/c1-4-2-5(10)3-6-7(4)9-8(11)12-6/h2-3,10H,1H3,(H,9,11). The van der Waals surface area contributed by atoms with Crippen LogP contribution in [-0.4, -0.2) is 10.1 Å². The van der Waals surface area contributed by atoms with E-state index in [0.717, 1.165) is 27.1 Å². The summed E-state index contributed by atoms with van der Waals surface area (Å²) in [5, 5.41) is 9.21. The lowest BCUT2D eigenvalue weighted by molar-refractivity contribution is 0.476. The number of nitrogens with one attached hydrogen (secondary N) is 1. The van der Waals surface area contributed by atoms with Crippen molar-refractivity contribution in [3.63, 3.8) is 0 Å². The molecule has 2 rings (SSSR count). The predicted octanol–water partition coefficient (Wildman–Crippen LogP) is 1.60. The van der Waals surface area contributed by atoms with Gasteiger partial charge in [0.1, 0.15) is 5.75 Å². The molecule has 4 heteroatoms. The molecule has 0 aliphatic rings. The number of benzene rings is 1. The van der Waals surface area contributed by atoms with Crippen molar-refractivity contribution in [2.24, 2.45) is 0 Å². The molecule has 62 valence electrons. The Morgan fingerprint density at radius 2 is 2.25 bits per heavy atom. The van der Waals surface area contributed by atoms with E-state index < -0.39 is 0 Å². The molecule has 1 heterocycles. The first kappa shape index (κ1) is 7.36. The Hall–Kier alpha value is -1.29. The maximum absolute atomic E-state index is 10.9. The van der Waals surface area contributed by atoms with Crippen LogP contribution < -0.4 is 4.87 Å². The van der Waals surface area contributed by atoms with Crippen LogP contribution in [0.25, 0.3) is 10.2 Å². The quantitative estimate of drug-likeness (QED) is 0.648. The summed E-state index contributed by atoms with van der Waals surface area (Å²) in [5.74, 6) is 0.204. The molecule has 0 fully saturated rings. The summed E-state index contributed by atoms with van der Waals surface area (Å²) in [6.45, 7) is 1.85. The number of phenolic OH excluding ortho intramolecular Hbond substituents is 1. The molecule has 3 nitrogen and oxygen atoms in total. The van der Waals surface area contributed by atoms with Crippen molar-refractivity contribution in [3.05, 3.63) is 27.4 Å². The van der Waals surface area contributed by atoms with Gasteiger partial charge >= 0.3 is 4.87 Å². The fourth-order valence-corrected chi connectivity index (χ4v) is 2.05. The Balaban J connectivity index is 2.97. The fourth-order valence-electron chi connectivity index (χ4n) is 1.20. The van der Waals surface area contributed by atoms with Gasteiger partial charge in [0.15, 0.2) is 0 Å². The third-order valence-corrected chi connectivity index (χ3v) is 2.54. The lowest BCUT2D eigenvalue weighted by atomic mass is 10.2. The highest BCUT2D eigenvalue weighted by atomic mass is 32.1. The number of thiazole rings is 1. The third kappa shape index (κ3) is 1.00. The van der Waals surface area contributed by atoms with Crippen molar-refractivity contribution in [3.8, 4) is 5.75 Å². The number of hydrogen-bond donors (Lipinski definition) is 2. The Morgan fingerprint density at radius 3 is 3.00 bits per heavy atom. The molecular weight excluding hydrogens is 174 g/mol. The van der Waals surface area contributed by atoms with Gasteiger partial charge in [-0.1, -0.05) is 11.3 Å². The fraction of sp³-hybridized carbons (Fsp3) is 0.125. The molecule has 0 saturated heterocycles. The van der Waals surface area contributed by atoms with E-state index in [1.54, 1.807) is 12.1 Å². The molecule has 0 spiro atoms. The minimum absolute atomic E-state index is 0.0845. The second kappa shape index (κ2) is 2.35. The Kier molecular flexibility index (Phi) is 1.44. The largest absolute Gasteiger partial charge is 0.508 e. The molecule has 0 saturated carbocycles. The van der Waals surface area contributed by atoms with Crippen molar-refractivity contribution in [2.75, 3.05) is 0 Å². The van der Waals surface area contributed by atoms with Gasteiger partial charge in [-0.05, 0) is 24.6 Å². The van der Waals surface area contributed by atoms with E-state index in [2.05, 4.69) is 4.98 Å². The van der Waals surface area contributed by atoms with Crippen LogP contribution in [0.15, 0.2) is 16.9 Å². The summed E-state index contributed by atoms with van der Waals surface area (Å²) in [4.78, 5) is 13.6. The van der Waals surface area contributed by atoms with Gasteiger partial charge in [-0.3, -0.25) is 4.79 Å². The van der Waals surface area contributed by atoms with Crippen molar-refractivity contribution < 1.29 is 5.11 Å². The van der Waals surface area contributed by atoms with E-state index >= 15 is 0 Å². The molecule has 0 atom stereocenters. The highest BCUT2D eigenvalue weighted by Crippen LogP contribution is 2.23. The second-order valence-electron chi connectivity index (χ2n) is 2.65. The van der Waals surface area contributed by atoms with Crippen molar-refractivity contribution in [1.29, 1.82) is 0 Å². The number of phenols is 1. The number of aromatic nitrogens is 1. The van der Waals surface area contributed by atoms with Crippen molar-refractivity contribution in [1.82, 2.24) is 4.98 Å². The summed E-state index contributed by atoms with van der Waals surface area (Å²) < 4.78 is 0.803. The second-order valence-corrected chi connectivity index (χ2v) is 3.67. The molecule has 2 N–H and O–H groups in total. The average Bonchev–Trinajstić information content (AvgIpc) is 2.29. The number of rotatable bonds is 0. The molecule has 12 heavy (non-hydrogen) atoms. The van der Waals surface area contributed by atoms with Gasteiger partial charge < -0.3 is 10.1 Å². The van der Waals surface area contributed by atoms with Crippen LogP contribution in [-0.2, 0) is 0 Å². The predicted molar refractivity (Wildman–Crippen MR) is 48.8 cm³/mol. The van der Waals surface area contributed by atoms with Crippen molar-refractivity contribution >= 4 is 21.6 Å². The minimum Gasteiger partial charge on any atom is -0.508 e. The van der Waals surface area contributed by atoms with Gasteiger partial charge in [0.05, 0.1) is 10.2 Å². The van der Waals surface area contributed by atoms with E-state index in [1.165, 1.54) is 0 Å². The first-order valence-corrected chi connectivity index (χ1v) is 4.31. The maximum Gasteiger partial charge on any atom is 0.305 e. The third-order valence-electron chi connectivity index (χ3n) is 1.71. The van der Waals surface area contributed by atoms with Gasteiger partial charge in [0, 0.05) is 0 Å². The van der Waals surface area contributed by atoms with Crippen LogP contribution in [0.4, 0.5) is 0 Å². The maximum atomic E-state index is 10.9. The molecule has 0 radical (unpaired) electrons. The number of hydrogen-bond acceptors (Lipinski definition) is 3. The van der Waals surface area contributed by atoms with Gasteiger partial charge in [0.25, 0.3) is 0 Å². The van der Waals surface area contributed by atoms with Crippen LogP contribution in [0.5, 0.6) is 5.75 Å². The van der Waals surface area contributed by atoms with Crippen molar-refractivity contribution in [2.45, 2.75) is 6.92 Å². The first-order valence-electron chi connectivity index (χ1n) is 3.49. The SMILES string of the molecule is Cc1cc(O)cc2sc(=O)[nH]c12. The van der Waals surface area contributed by atoms with Crippen LogP contribution >= 0.6 is 11.3 Å². The molecule has 0 bridgehead atoms. The molecule has 0 amide bonds. The lowest BCUT2D eigenvalue weighted by Gasteiger charge is -1.95. The number of fused-ring (bicyclic) bond motifs is 1. The molecule has 0 aliphatic heterocycles. The van der Waals surface area contributed by atoms with E-state index in [-0.39, 0.29) is 10.6 Å². The zero-order chi connectivity index (χ0) is 8.72. The number of H-pyrrole nitrogens is 1. The Morgan fingerprint density at radius 1 is 1.50 bits per heavy atom. The number of aromatic hydroxyl groups is 1. The van der Waals surface area contributed by atoms with Gasteiger partial charge in [-0.15, -0.1) is 0 Å². The summed E-state index contributed by atoms with van der Waals surface area (Å²) in [5.41, 5.74) is 1.71. The van der Waals surface area contributed by atoms with Gasteiger partial charge in [-0.2, -0.15) is 0 Å². The molecule has 0 aliphatic carbocycles. The number of aryl methyl sites for hydroxylation is 1. The monoisotopic (exact) mass is 181 g/mol. The van der Waals surface area contributed by atoms with Crippen LogP contribution in [0, 0.1) is 6.92 Å². The topological polar surface area (TPSA) is 53.1 Å². The molecule has 2 aromatic rings. The molecule has 0 unspecified atom stereocenters. The van der Waals surface area contributed by atoms with Crippen LogP contribution in [0.2, 0.25) is 0 Å². The Bertz CT molecular complexity index is 483. The van der Waals surface area contributed by atoms with E-state index in [4.69, 9.17) is 0 Å². The average molecular weight is 181 g/mol. The highest BCUT2D eigenvalue weighted by molar-refractivity contribution is 7.16. The van der Waals surface area contributed by atoms with Gasteiger partial charge in [0.2, 0.25) is 0 Å². The highest BCUT2D eigenvalue weighted by Gasteiger charge is 2.03. The van der Waals surface area contributed by atoms with Crippen LogP contribution in [0.3, 0.4) is 0 Å². The summed E-state index contributed by atoms with van der Waals surface area (Å²) in [7, 11) is 0. The Labute approximate surface area is 72.3 Å². The molecule has 1 aromatic heterocycles. The zero-order valence-corrected chi connectivity index (χ0v) is 7.23. The number of aromatic amines is 1. The normalized spacial score (nSPS) is 10.8. The summed E-state index contributed by atoms with van der Waals surface area (Å²) in [6, 6.07) is 3.22. The van der Waals surface area contributed by atoms with E-state index in [0.29, 0.717) is 0 Å².